The number of nitrogens with one attached hydrogen (secondary N) is 2. The number of anilines is 4. The fourth-order valence-electron chi connectivity index (χ4n) is 3.41. The number of rotatable bonds is 7. The van der Waals surface area contributed by atoms with Gasteiger partial charge in [0.15, 0.2) is 11.6 Å². The molecule has 1 saturated heterocycles. The number of nitrogens with zero attached hydrogens (tertiary/aromatic N) is 7. The van der Waals surface area contributed by atoms with Crippen molar-refractivity contribution in [2.45, 2.75) is 0 Å². The van der Waals surface area contributed by atoms with Gasteiger partial charge in [0, 0.05) is 31.2 Å². The largest absolute Gasteiger partial charge is 0.378 e. The van der Waals surface area contributed by atoms with E-state index in [0.717, 1.165) is 23.3 Å². The molecule has 4 aromatic rings. The van der Waals surface area contributed by atoms with Gasteiger partial charge >= 0.3 is 0 Å². The Morgan fingerprint density at radius 1 is 1.00 bits per heavy atom. The van der Waals surface area contributed by atoms with E-state index < -0.39 is 5.82 Å². The zero-order chi connectivity index (χ0) is 23.2. The van der Waals surface area contributed by atoms with Crippen LogP contribution in [0.25, 0.3) is 5.69 Å². The topological polar surface area (TPSA) is 105 Å². The van der Waals surface area contributed by atoms with E-state index in [1.165, 1.54) is 0 Å². The summed E-state index contributed by atoms with van der Waals surface area (Å²) in [6.45, 7) is 2.24. The summed E-state index contributed by atoms with van der Waals surface area (Å²) in [5.74, 6) is -0.0320. The highest BCUT2D eigenvalue weighted by Gasteiger charge is 2.17. The Kier molecular flexibility index (Phi) is 6.34. The molecule has 172 valence electrons. The van der Waals surface area contributed by atoms with Crippen molar-refractivity contribution < 1.29 is 9.13 Å². The number of hydrazone groups is 1. The molecule has 0 atom stereocenters. The standard InChI is InChI=1S/C23H22FN9O/c24-21-16-26-23(30-22(21)32-10-12-34-13-11-32)31-27-15-18-2-3-19(14-25-18)29-17-4-6-20(7-5-17)33-9-1-8-28-33/h1-9,14-16,29H,10-13H2,(H,26,30,31)/b27-15+. The average Bonchev–Trinajstić information content (AvgIpc) is 3.42. The summed E-state index contributed by atoms with van der Waals surface area (Å²) in [6.07, 6.45) is 8.04. The first-order valence-corrected chi connectivity index (χ1v) is 10.7. The summed E-state index contributed by atoms with van der Waals surface area (Å²) in [4.78, 5) is 14.4. The Bertz CT molecular complexity index is 1240. The van der Waals surface area contributed by atoms with Crippen molar-refractivity contribution in [3.8, 4) is 5.69 Å². The van der Waals surface area contributed by atoms with E-state index in [1.54, 1.807) is 23.3 Å². The van der Waals surface area contributed by atoms with E-state index in [0.29, 0.717) is 32.0 Å². The van der Waals surface area contributed by atoms with Crippen LogP contribution in [0.15, 0.2) is 72.4 Å². The zero-order valence-corrected chi connectivity index (χ0v) is 18.2. The molecule has 34 heavy (non-hydrogen) atoms. The lowest BCUT2D eigenvalue weighted by molar-refractivity contribution is 0.122. The first kappa shape index (κ1) is 21.5. The van der Waals surface area contributed by atoms with Gasteiger partial charge in [-0.25, -0.2) is 19.5 Å². The first-order chi connectivity index (χ1) is 16.7. The smallest absolute Gasteiger partial charge is 0.245 e. The van der Waals surface area contributed by atoms with Gasteiger partial charge in [-0.2, -0.15) is 15.2 Å². The minimum Gasteiger partial charge on any atom is -0.378 e. The van der Waals surface area contributed by atoms with E-state index in [-0.39, 0.29) is 11.8 Å². The number of hydrogen-bond acceptors (Lipinski definition) is 9. The normalized spacial score (nSPS) is 13.9. The van der Waals surface area contributed by atoms with Crippen LogP contribution in [0.1, 0.15) is 5.69 Å². The zero-order valence-electron chi connectivity index (χ0n) is 18.2. The van der Waals surface area contributed by atoms with Crippen LogP contribution in [0.2, 0.25) is 0 Å². The van der Waals surface area contributed by atoms with Crippen LogP contribution in [0.3, 0.4) is 0 Å². The molecule has 0 spiro atoms. The maximum Gasteiger partial charge on any atom is 0.245 e. The van der Waals surface area contributed by atoms with Crippen molar-refractivity contribution in [1.29, 1.82) is 0 Å². The van der Waals surface area contributed by atoms with Crippen LogP contribution < -0.4 is 15.6 Å². The minimum atomic E-state index is -0.475. The maximum absolute atomic E-state index is 14.1. The summed E-state index contributed by atoms with van der Waals surface area (Å²) < 4.78 is 21.2. The molecule has 0 bridgehead atoms. The number of hydrogen-bond donors (Lipinski definition) is 2. The Hall–Kier alpha value is -4.38. The van der Waals surface area contributed by atoms with Crippen LogP contribution in [0.4, 0.5) is 27.5 Å². The lowest BCUT2D eigenvalue weighted by atomic mass is 10.2. The third-order valence-corrected chi connectivity index (χ3v) is 5.11. The lowest BCUT2D eigenvalue weighted by Crippen LogP contribution is -2.37. The van der Waals surface area contributed by atoms with Gasteiger partial charge in [-0.15, -0.1) is 0 Å². The fraction of sp³-hybridized carbons (Fsp3) is 0.174. The van der Waals surface area contributed by atoms with E-state index in [2.05, 4.69) is 35.9 Å². The Morgan fingerprint density at radius 2 is 1.82 bits per heavy atom. The highest BCUT2D eigenvalue weighted by molar-refractivity contribution is 5.78. The van der Waals surface area contributed by atoms with Crippen molar-refractivity contribution in [3.05, 3.63) is 78.8 Å². The van der Waals surface area contributed by atoms with E-state index >= 15 is 0 Å². The molecule has 2 N–H and O–H groups in total. The molecule has 0 unspecified atom stereocenters. The van der Waals surface area contributed by atoms with Crippen LogP contribution >= 0.6 is 0 Å². The predicted molar refractivity (Wildman–Crippen MR) is 127 cm³/mol. The van der Waals surface area contributed by atoms with Crippen LogP contribution in [-0.2, 0) is 4.74 Å². The van der Waals surface area contributed by atoms with Gasteiger partial charge in [0.25, 0.3) is 0 Å². The Morgan fingerprint density at radius 3 is 2.56 bits per heavy atom. The molecule has 1 aromatic carbocycles. The van der Waals surface area contributed by atoms with Crippen molar-refractivity contribution in [3.63, 3.8) is 0 Å². The summed E-state index contributed by atoms with van der Waals surface area (Å²) in [5, 5.41) is 11.6. The van der Waals surface area contributed by atoms with Crippen molar-refractivity contribution in [2.75, 3.05) is 41.9 Å². The molecular formula is C23H22FN9O. The van der Waals surface area contributed by atoms with Gasteiger partial charge in [-0.05, 0) is 42.5 Å². The number of benzene rings is 1. The van der Waals surface area contributed by atoms with E-state index in [9.17, 15) is 4.39 Å². The summed E-state index contributed by atoms with van der Waals surface area (Å²) in [6, 6.07) is 13.5. The molecule has 11 heteroatoms. The summed E-state index contributed by atoms with van der Waals surface area (Å²) in [7, 11) is 0. The maximum atomic E-state index is 14.1. The molecule has 10 nitrogen and oxygen atoms in total. The SMILES string of the molecule is Fc1cnc(N/N=C/c2ccc(Nc3ccc(-n4cccn4)cc3)cn2)nc1N1CCOCC1. The van der Waals surface area contributed by atoms with Gasteiger partial charge in [0.2, 0.25) is 5.95 Å². The minimum absolute atomic E-state index is 0.205. The highest BCUT2D eigenvalue weighted by Crippen LogP contribution is 2.19. The lowest BCUT2D eigenvalue weighted by Gasteiger charge is -2.27. The van der Waals surface area contributed by atoms with Gasteiger partial charge in [-0.1, -0.05) is 0 Å². The van der Waals surface area contributed by atoms with Gasteiger partial charge in [0.05, 0.1) is 48.9 Å². The molecule has 0 radical (unpaired) electrons. The Balaban J connectivity index is 1.18. The predicted octanol–water partition coefficient (Wildman–Crippen LogP) is 3.22. The number of ether oxygens (including phenoxy) is 1. The molecule has 0 aliphatic carbocycles. The van der Waals surface area contributed by atoms with Crippen LogP contribution in [0, 0.1) is 5.82 Å². The first-order valence-electron chi connectivity index (χ1n) is 10.7. The second-order valence-corrected chi connectivity index (χ2v) is 7.43. The molecule has 0 saturated carbocycles. The Labute approximate surface area is 195 Å². The average molecular weight is 459 g/mol. The molecule has 1 fully saturated rings. The van der Waals surface area contributed by atoms with Gasteiger partial charge < -0.3 is 15.0 Å². The van der Waals surface area contributed by atoms with Crippen LogP contribution in [0.5, 0.6) is 0 Å². The highest BCUT2D eigenvalue weighted by atomic mass is 19.1. The summed E-state index contributed by atoms with van der Waals surface area (Å²) in [5.41, 5.74) is 6.13. The molecule has 5 rings (SSSR count). The van der Waals surface area contributed by atoms with Crippen molar-refractivity contribution >= 4 is 29.4 Å². The number of pyridine rings is 1. The molecular weight excluding hydrogens is 437 g/mol. The quantitative estimate of drug-likeness (QED) is 0.321. The molecule has 0 amide bonds. The van der Waals surface area contributed by atoms with Crippen molar-refractivity contribution in [1.82, 2.24) is 24.7 Å². The van der Waals surface area contributed by atoms with Crippen LogP contribution in [-0.4, -0.2) is 57.3 Å². The fourth-order valence-corrected chi connectivity index (χ4v) is 3.41. The van der Waals surface area contributed by atoms with E-state index in [1.807, 2.05) is 53.6 Å². The number of aromatic nitrogens is 5. The van der Waals surface area contributed by atoms with Gasteiger partial charge in [0.1, 0.15) is 0 Å². The molecule has 1 aliphatic rings. The second kappa shape index (κ2) is 10.0. The molecule has 4 heterocycles. The molecule has 3 aromatic heterocycles. The van der Waals surface area contributed by atoms with Gasteiger partial charge in [-0.3, -0.25) is 4.98 Å². The second-order valence-electron chi connectivity index (χ2n) is 7.43. The van der Waals surface area contributed by atoms with E-state index in [4.69, 9.17) is 4.74 Å². The third-order valence-electron chi connectivity index (χ3n) is 5.11. The molecule has 1 aliphatic heterocycles. The third kappa shape index (κ3) is 5.15. The number of halogens is 1. The monoisotopic (exact) mass is 459 g/mol. The van der Waals surface area contributed by atoms with Crippen molar-refractivity contribution in [2.24, 2.45) is 5.10 Å². The number of morpholine rings is 1. The summed E-state index contributed by atoms with van der Waals surface area (Å²) >= 11 is 0.